The monoisotopic (exact) mass is 444 g/mol. The molecule has 156 valence electrons. The number of anilines is 1. The fourth-order valence-electron chi connectivity index (χ4n) is 3.21. The lowest BCUT2D eigenvalue weighted by atomic mass is 10.0. The van der Waals surface area contributed by atoms with E-state index >= 15 is 0 Å². The van der Waals surface area contributed by atoms with E-state index < -0.39 is 0 Å². The SMILES string of the molecule is CC(C)Sc1ccc(C(=O)Nc2nc(-c3ccc(Cc4ccccc4)cc3)cs2)cc1. The highest BCUT2D eigenvalue weighted by molar-refractivity contribution is 7.99. The molecule has 0 fully saturated rings. The molecule has 0 radical (unpaired) electrons. The minimum atomic E-state index is -0.139. The number of carbonyl (C=O) groups is 1. The van der Waals surface area contributed by atoms with Gasteiger partial charge >= 0.3 is 0 Å². The van der Waals surface area contributed by atoms with Crippen LogP contribution in [0.2, 0.25) is 0 Å². The summed E-state index contributed by atoms with van der Waals surface area (Å²) in [7, 11) is 0. The molecule has 4 aromatic rings. The Balaban J connectivity index is 1.39. The van der Waals surface area contributed by atoms with Gasteiger partial charge in [-0.1, -0.05) is 68.4 Å². The average molecular weight is 445 g/mol. The first-order valence-electron chi connectivity index (χ1n) is 10.2. The van der Waals surface area contributed by atoms with Crippen molar-refractivity contribution in [2.24, 2.45) is 0 Å². The molecule has 0 saturated carbocycles. The summed E-state index contributed by atoms with van der Waals surface area (Å²) in [4.78, 5) is 18.3. The first-order valence-corrected chi connectivity index (χ1v) is 12.0. The molecule has 0 atom stereocenters. The molecule has 4 rings (SSSR count). The van der Waals surface area contributed by atoms with E-state index in [1.54, 1.807) is 11.8 Å². The van der Waals surface area contributed by atoms with Gasteiger partial charge in [0.05, 0.1) is 5.69 Å². The van der Waals surface area contributed by atoms with Crippen molar-refractivity contribution in [1.82, 2.24) is 4.98 Å². The highest BCUT2D eigenvalue weighted by Gasteiger charge is 2.11. The highest BCUT2D eigenvalue weighted by Crippen LogP contribution is 2.27. The van der Waals surface area contributed by atoms with Crippen molar-refractivity contribution in [3.05, 3.63) is 101 Å². The second-order valence-electron chi connectivity index (χ2n) is 7.54. The van der Waals surface area contributed by atoms with Crippen molar-refractivity contribution in [3.8, 4) is 11.3 Å². The minimum Gasteiger partial charge on any atom is -0.298 e. The third-order valence-electron chi connectivity index (χ3n) is 4.71. The Labute approximate surface area is 191 Å². The number of thioether (sulfide) groups is 1. The molecule has 0 aliphatic rings. The van der Waals surface area contributed by atoms with Crippen molar-refractivity contribution in [3.63, 3.8) is 0 Å². The molecule has 0 aliphatic heterocycles. The van der Waals surface area contributed by atoms with Crippen molar-refractivity contribution in [1.29, 1.82) is 0 Å². The molecule has 31 heavy (non-hydrogen) atoms. The summed E-state index contributed by atoms with van der Waals surface area (Å²) in [6.07, 6.45) is 0.911. The van der Waals surface area contributed by atoms with Crippen LogP contribution in [-0.4, -0.2) is 16.1 Å². The van der Waals surface area contributed by atoms with Gasteiger partial charge < -0.3 is 0 Å². The van der Waals surface area contributed by atoms with E-state index in [4.69, 9.17) is 0 Å². The zero-order chi connectivity index (χ0) is 21.6. The van der Waals surface area contributed by atoms with Crippen LogP contribution in [0.5, 0.6) is 0 Å². The molecular weight excluding hydrogens is 420 g/mol. The number of hydrogen-bond acceptors (Lipinski definition) is 4. The summed E-state index contributed by atoms with van der Waals surface area (Å²) < 4.78 is 0. The topological polar surface area (TPSA) is 42.0 Å². The molecule has 5 heteroatoms. The van der Waals surface area contributed by atoms with Gasteiger partial charge in [-0.25, -0.2) is 4.98 Å². The van der Waals surface area contributed by atoms with E-state index in [-0.39, 0.29) is 5.91 Å². The van der Waals surface area contributed by atoms with Crippen LogP contribution in [0.4, 0.5) is 5.13 Å². The molecule has 1 heterocycles. The van der Waals surface area contributed by atoms with Crippen molar-refractivity contribution in [2.75, 3.05) is 5.32 Å². The molecule has 1 aromatic heterocycles. The second-order valence-corrected chi connectivity index (χ2v) is 10.1. The van der Waals surface area contributed by atoms with E-state index in [0.29, 0.717) is 15.9 Å². The molecule has 3 aromatic carbocycles. The van der Waals surface area contributed by atoms with E-state index in [1.807, 2.05) is 35.7 Å². The number of amides is 1. The summed E-state index contributed by atoms with van der Waals surface area (Å²) in [5.41, 5.74) is 5.11. The Hall–Kier alpha value is -2.89. The van der Waals surface area contributed by atoms with Gasteiger partial charge in [-0.15, -0.1) is 23.1 Å². The smallest absolute Gasteiger partial charge is 0.257 e. The van der Waals surface area contributed by atoms with Gasteiger partial charge in [-0.05, 0) is 41.8 Å². The fraction of sp³-hybridized carbons (Fsp3) is 0.154. The maximum atomic E-state index is 12.6. The Kier molecular flexibility index (Phi) is 6.85. The number of carbonyl (C=O) groups excluding carboxylic acids is 1. The number of rotatable bonds is 7. The molecule has 0 unspecified atom stereocenters. The zero-order valence-corrected chi connectivity index (χ0v) is 19.2. The van der Waals surface area contributed by atoms with Gasteiger partial charge in [0, 0.05) is 26.7 Å². The zero-order valence-electron chi connectivity index (χ0n) is 17.5. The van der Waals surface area contributed by atoms with Crippen LogP contribution in [0.3, 0.4) is 0 Å². The number of hydrogen-bond donors (Lipinski definition) is 1. The Morgan fingerprint density at radius 2 is 1.61 bits per heavy atom. The van der Waals surface area contributed by atoms with Crippen LogP contribution < -0.4 is 5.32 Å². The van der Waals surface area contributed by atoms with Crippen molar-refractivity contribution < 1.29 is 4.79 Å². The molecule has 0 bridgehead atoms. The molecule has 1 amide bonds. The Morgan fingerprint density at radius 1 is 0.935 bits per heavy atom. The maximum Gasteiger partial charge on any atom is 0.257 e. The van der Waals surface area contributed by atoms with Crippen molar-refractivity contribution in [2.45, 2.75) is 30.4 Å². The Morgan fingerprint density at radius 3 is 2.29 bits per heavy atom. The number of nitrogens with zero attached hydrogens (tertiary/aromatic N) is 1. The molecule has 0 saturated heterocycles. The number of aromatic nitrogens is 1. The lowest BCUT2D eigenvalue weighted by Gasteiger charge is -2.06. The standard InChI is InChI=1S/C26H24N2OS2/c1-18(2)31-23-14-12-22(13-15-23)25(29)28-26-27-24(17-30-26)21-10-8-20(9-11-21)16-19-6-4-3-5-7-19/h3-15,17-18H,16H2,1-2H3,(H,27,28,29). The summed E-state index contributed by atoms with van der Waals surface area (Å²) in [6, 6.07) is 26.6. The van der Waals surface area contributed by atoms with Gasteiger partial charge in [0.15, 0.2) is 5.13 Å². The van der Waals surface area contributed by atoms with Crippen LogP contribution in [0, 0.1) is 0 Å². The number of nitrogens with one attached hydrogen (secondary N) is 1. The summed E-state index contributed by atoms with van der Waals surface area (Å²) in [5.74, 6) is -0.139. The Bertz CT molecular complexity index is 1130. The van der Waals surface area contributed by atoms with Gasteiger partial charge in [-0.3, -0.25) is 10.1 Å². The summed E-state index contributed by atoms with van der Waals surface area (Å²) in [6.45, 7) is 4.31. The highest BCUT2D eigenvalue weighted by atomic mass is 32.2. The third-order valence-corrected chi connectivity index (χ3v) is 6.49. The number of thiazole rings is 1. The van der Waals surface area contributed by atoms with E-state index in [1.165, 1.54) is 27.4 Å². The van der Waals surface area contributed by atoms with Crippen LogP contribution in [0.15, 0.2) is 89.1 Å². The largest absolute Gasteiger partial charge is 0.298 e. The molecule has 3 nitrogen and oxygen atoms in total. The predicted molar refractivity (Wildman–Crippen MR) is 132 cm³/mol. The third kappa shape index (κ3) is 5.84. The molecule has 1 N–H and O–H groups in total. The number of benzene rings is 3. The van der Waals surface area contributed by atoms with Gasteiger partial charge in [0.2, 0.25) is 0 Å². The van der Waals surface area contributed by atoms with Gasteiger partial charge in [-0.2, -0.15) is 0 Å². The fourth-order valence-corrected chi connectivity index (χ4v) is 4.77. The lowest BCUT2D eigenvalue weighted by Crippen LogP contribution is -2.11. The average Bonchev–Trinajstić information content (AvgIpc) is 3.23. The predicted octanol–water partition coefficient (Wildman–Crippen LogP) is 7.15. The van der Waals surface area contributed by atoms with Gasteiger partial charge in [0.1, 0.15) is 0 Å². The minimum absolute atomic E-state index is 0.139. The second kappa shape index (κ2) is 9.94. The first kappa shape index (κ1) is 21.3. The lowest BCUT2D eigenvalue weighted by molar-refractivity contribution is 0.102. The first-order chi connectivity index (χ1) is 15.1. The molecule has 0 spiro atoms. The normalized spacial score (nSPS) is 10.9. The van der Waals surface area contributed by atoms with E-state index in [9.17, 15) is 4.79 Å². The summed E-state index contributed by atoms with van der Waals surface area (Å²) in [5, 5.41) is 6.01. The quantitative estimate of drug-likeness (QED) is 0.308. The van der Waals surface area contributed by atoms with Crippen molar-refractivity contribution >= 4 is 34.1 Å². The molecular formula is C26H24N2OS2. The maximum absolute atomic E-state index is 12.6. The van der Waals surface area contributed by atoms with Gasteiger partial charge in [0.25, 0.3) is 5.91 Å². The van der Waals surface area contributed by atoms with Crippen LogP contribution in [-0.2, 0) is 6.42 Å². The van der Waals surface area contributed by atoms with E-state index in [2.05, 4.69) is 72.7 Å². The summed E-state index contributed by atoms with van der Waals surface area (Å²) >= 11 is 3.22. The van der Waals surface area contributed by atoms with E-state index in [0.717, 1.165) is 17.7 Å². The van der Waals surface area contributed by atoms with Crippen LogP contribution in [0.1, 0.15) is 35.3 Å². The molecule has 0 aliphatic carbocycles. The van der Waals surface area contributed by atoms with Crippen LogP contribution >= 0.6 is 23.1 Å². The van der Waals surface area contributed by atoms with Crippen LogP contribution in [0.25, 0.3) is 11.3 Å².